The Kier molecular flexibility index (Phi) is 6.03. The van der Waals surface area contributed by atoms with E-state index in [1.54, 1.807) is 16.4 Å². The second kappa shape index (κ2) is 8.01. The second-order valence-electron chi connectivity index (χ2n) is 5.52. The Bertz CT molecular complexity index is 756. The van der Waals surface area contributed by atoms with E-state index in [1.165, 1.54) is 0 Å². The summed E-state index contributed by atoms with van der Waals surface area (Å²) in [4.78, 5) is 23.0. The molecule has 0 saturated heterocycles. The molecule has 0 fully saturated rings. The van der Waals surface area contributed by atoms with Crippen molar-refractivity contribution in [2.75, 3.05) is 11.1 Å². The first-order chi connectivity index (χ1) is 11.4. The number of hydrogen-bond donors (Lipinski definition) is 2. The van der Waals surface area contributed by atoms with Gasteiger partial charge in [0.1, 0.15) is 0 Å². The number of carboxylic acids is 1. The van der Waals surface area contributed by atoms with Gasteiger partial charge in [-0.2, -0.15) is 16.9 Å². The van der Waals surface area contributed by atoms with Gasteiger partial charge in [0.05, 0.1) is 17.7 Å². The van der Waals surface area contributed by atoms with Crippen molar-refractivity contribution in [3.63, 3.8) is 0 Å². The molecule has 0 radical (unpaired) electrons. The molecular weight excluding hydrogens is 326 g/mol. The molecule has 6 nitrogen and oxygen atoms in total. The van der Waals surface area contributed by atoms with Crippen LogP contribution in [0, 0.1) is 13.8 Å². The van der Waals surface area contributed by atoms with Crippen LogP contribution in [0.4, 0.5) is 5.69 Å². The highest BCUT2D eigenvalue weighted by Gasteiger charge is 2.17. The summed E-state index contributed by atoms with van der Waals surface area (Å²) in [5.41, 5.74) is 3.89. The Morgan fingerprint density at radius 1 is 1.33 bits per heavy atom. The van der Waals surface area contributed by atoms with Crippen LogP contribution in [0.15, 0.2) is 24.3 Å². The number of hydrogen-bond acceptors (Lipinski definition) is 4. The molecule has 0 saturated carbocycles. The number of amides is 1. The Labute approximate surface area is 145 Å². The van der Waals surface area contributed by atoms with Crippen molar-refractivity contribution in [1.29, 1.82) is 0 Å². The number of carboxylic acid groups (broad SMARTS) is 1. The van der Waals surface area contributed by atoms with Crippen LogP contribution in [0.25, 0.3) is 0 Å². The van der Waals surface area contributed by atoms with E-state index in [0.717, 1.165) is 16.9 Å². The number of thioether (sulfide) groups is 1. The van der Waals surface area contributed by atoms with Gasteiger partial charge in [0.25, 0.3) is 5.91 Å². The Hall–Kier alpha value is -2.28. The van der Waals surface area contributed by atoms with E-state index in [1.807, 2.05) is 45.2 Å². The number of anilines is 1. The van der Waals surface area contributed by atoms with E-state index < -0.39 is 5.97 Å². The maximum absolute atomic E-state index is 12.5. The van der Waals surface area contributed by atoms with Gasteiger partial charge in [-0.3, -0.25) is 14.3 Å². The molecule has 0 spiro atoms. The summed E-state index contributed by atoms with van der Waals surface area (Å²) in [7, 11) is 1.81. The number of aliphatic carboxylic acids is 1. The highest BCUT2D eigenvalue weighted by atomic mass is 32.2. The number of nitrogens with one attached hydrogen (secondary N) is 1. The number of carbonyl (C=O) groups is 2. The molecule has 0 aliphatic carbocycles. The van der Waals surface area contributed by atoms with Crippen molar-refractivity contribution < 1.29 is 14.7 Å². The van der Waals surface area contributed by atoms with E-state index in [9.17, 15) is 9.59 Å². The molecule has 2 rings (SSSR count). The standard InChI is InChI=1S/C17H21N3O3S/c1-11-16(12(2)20(3)19-11)17(23)18-14-6-4-5-13(9-14)10-24-8-7-15(21)22/h4-6,9H,7-8,10H2,1-3H3,(H,18,23)(H,21,22). The van der Waals surface area contributed by atoms with Gasteiger partial charge in [-0.25, -0.2) is 0 Å². The van der Waals surface area contributed by atoms with Gasteiger partial charge in [0, 0.05) is 29.9 Å². The molecule has 0 atom stereocenters. The normalized spacial score (nSPS) is 10.6. The molecule has 1 aromatic carbocycles. The lowest BCUT2D eigenvalue weighted by atomic mass is 10.1. The monoisotopic (exact) mass is 347 g/mol. The van der Waals surface area contributed by atoms with Gasteiger partial charge in [0.15, 0.2) is 0 Å². The largest absolute Gasteiger partial charge is 0.481 e. The SMILES string of the molecule is Cc1nn(C)c(C)c1C(=O)Nc1cccc(CSCCC(=O)O)c1. The van der Waals surface area contributed by atoms with E-state index in [2.05, 4.69) is 10.4 Å². The first kappa shape index (κ1) is 18.1. The summed E-state index contributed by atoms with van der Waals surface area (Å²) >= 11 is 1.56. The van der Waals surface area contributed by atoms with E-state index in [0.29, 0.717) is 22.8 Å². The van der Waals surface area contributed by atoms with Gasteiger partial charge in [-0.1, -0.05) is 12.1 Å². The van der Waals surface area contributed by atoms with Crippen LogP contribution in [0.3, 0.4) is 0 Å². The van der Waals surface area contributed by atoms with Gasteiger partial charge >= 0.3 is 5.97 Å². The zero-order valence-corrected chi connectivity index (χ0v) is 14.8. The van der Waals surface area contributed by atoms with Crippen LogP contribution in [0.2, 0.25) is 0 Å². The molecule has 1 amide bonds. The zero-order valence-electron chi connectivity index (χ0n) is 14.0. The molecule has 2 N–H and O–H groups in total. The Morgan fingerprint density at radius 3 is 2.71 bits per heavy atom. The number of benzene rings is 1. The van der Waals surface area contributed by atoms with Gasteiger partial charge in [0.2, 0.25) is 0 Å². The van der Waals surface area contributed by atoms with Crippen LogP contribution >= 0.6 is 11.8 Å². The van der Waals surface area contributed by atoms with Crippen LogP contribution in [-0.4, -0.2) is 32.5 Å². The summed E-state index contributed by atoms with van der Waals surface area (Å²) in [6.07, 6.45) is 0.153. The highest BCUT2D eigenvalue weighted by Crippen LogP contribution is 2.19. The average Bonchev–Trinajstić information content (AvgIpc) is 2.77. The predicted molar refractivity (Wildman–Crippen MR) is 95.5 cm³/mol. The zero-order chi connectivity index (χ0) is 17.7. The van der Waals surface area contributed by atoms with Crippen molar-refractivity contribution in [2.24, 2.45) is 7.05 Å². The molecule has 0 aliphatic heterocycles. The second-order valence-corrected chi connectivity index (χ2v) is 6.63. The summed E-state index contributed by atoms with van der Waals surface area (Å²) in [5.74, 6) is 0.321. The van der Waals surface area contributed by atoms with Gasteiger partial charge in [-0.15, -0.1) is 0 Å². The maximum atomic E-state index is 12.5. The first-order valence-electron chi connectivity index (χ1n) is 7.58. The van der Waals surface area contributed by atoms with Crippen molar-refractivity contribution in [1.82, 2.24) is 9.78 Å². The fourth-order valence-corrected chi connectivity index (χ4v) is 3.26. The summed E-state index contributed by atoms with van der Waals surface area (Å²) in [6.45, 7) is 3.68. The van der Waals surface area contributed by atoms with Crippen molar-refractivity contribution >= 4 is 29.3 Å². The van der Waals surface area contributed by atoms with E-state index >= 15 is 0 Å². The van der Waals surface area contributed by atoms with Crippen LogP contribution in [0.5, 0.6) is 0 Å². The number of rotatable bonds is 7. The van der Waals surface area contributed by atoms with Crippen LogP contribution in [0.1, 0.15) is 33.7 Å². The predicted octanol–water partition coefficient (Wildman–Crippen LogP) is 3.00. The molecule has 0 aliphatic rings. The van der Waals surface area contributed by atoms with Gasteiger partial charge in [-0.05, 0) is 31.5 Å². The van der Waals surface area contributed by atoms with Crippen molar-refractivity contribution in [2.45, 2.75) is 26.0 Å². The third kappa shape index (κ3) is 4.61. The minimum atomic E-state index is -0.786. The molecule has 7 heteroatoms. The fraction of sp³-hybridized carbons (Fsp3) is 0.353. The minimum absolute atomic E-state index is 0.153. The summed E-state index contributed by atoms with van der Waals surface area (Å²) < 4.78 is 1.69. The number of carbonyl (C=O) groups excluding carboxylic acids is 1. The molecule has 128 valence electrons. The first-order valence-corrected chi connectivity index (χ1v) is 8.74. The number of nitrogens with zero attached hydrogens (tertiary/aromatic N) is 2. The summed E-state index contributed by atoms with van der Waals surface area (Å²) in [6, 6.07) is 7.59. The van der Waals surface area contributed by atoms with E-state index in [4.69, 9.17) is 5.11 Å². The Balaban J connectivity index is 2.01. The molecule has 1 aromatic heterocycles. The molecule has 1 heterocycles. The smallest absolute Gasteiger partial charge is 0.304 e. The molecular formula is C17H21N3O3S. The van der Waals surface area contributed by atoms with Crippen molar-refractivity contribution in [3.05, 3.63) is 46.8 Å². The fourth-order valence-electron chi connectivity index (χ4n) is 2.38. The molecule has 0 bridgehead atoms. The quantitative estimate of drug-likeness (QED) is 0.752. The van der Waals surface area contributed by atoms with Crippen LogP contribution < -0.4 is 5.32 Å². The highest BCUT2D eigenvalue weighted by molar-refractivity contribution is 7.98. The van der Waals surface area contributed by atoms with Gasteiger partial charge < -0.3 is 10.4 Å². The summed E-state index contributed by atoms with van der Waals surface area (Å²) in [5, 5.41) is 15.8. The van der Waals surface area contributed by atoms with Crippen LogP contribution in [-0.2, 0) is 17.6 Å². The third-order valence-electron chi connectivity index (χ3n) is 3.65. The molecule has 0 unspecified atom stereocenters. The van der Waals surface area contributed by atoms with E-state index in [-0.39, 0.29) is 12.3 Å². The number of aryl methyl sites for hydroxylation is 2. The lowest BCUT2D eigenvalue weighted by Gasteiger charge is -2.08. The average molecular weight is 347 g/mol. The topological polar surface area (TPSA) is 84.2 Å². The van der Waals surface area contributed by atoms with Crippen molar-refractivity contribution in [3.8, 4) is 0 Å². The number of aromatic nitrogens is 2. The lowest BCUT2D eigenvalue weighted by Crippen LogP contribution is -2.14. The lowest BCUT2D eigenvalue weighted by molar-refractivity contribution is -0.136. The maximum Gasteiger partial charge on any atom is 0.304 e. The third-order valence-corrected chi connectivity index (χ3v) is 4.68. The Morgan fingerprint density at radius 2 is 2.08 bits per heavy atom. The minimum Gasteiger partial charge on any atom is -0.481 e. The molecule has 24 heavy (non-hydrogen) atoms. The molecule has 2 aromatic rings.